The summed E-state index contributed by atoms with van der Waals surface area (Å²) in [6, 6.07) is 0. The summed E-state index contributed by atoms with van der Waals surface area (Å²) < 4.78 is 4.87. The number of rotatable bonds is 15. The smallest absolute Gasteiger partial charge is 0.308 e. The maximum atomic E-state index is 11.6. The summed E-state index contributed by atoms with van der Waals surface area (Å²) in [5, 5.41) is 0. The van der Waals surface area contributed by atoms with E-state index < -0.39 is 0 Å². The second-order valence-electron chi connectivity index (χ2n) is 6.08. The van der Waals surface area contributed by atoms with Crippen LogP contribution in [0.1, 0.15) is 84.0 Å². The molecule has 0 spiro atoms. The predicted molar refractivity (Wildman–Crippen MR) is 95.9 cm³/mol. The molecule has 1 unspecified atom stereocenters. The van der Waals surface area contributed by atoms with E-state index in [1.165, 1.54) is 58.5 Å². The molecule has 2 nitrogen and oxygen atoms in total. The van der Waals surface area contributed by atoms with Crippen molar-refractivity contribution in [2.45, 2.75) is 84.0 Å². The first kappa shape index (κ1) is 20.9. The van der Waals surface area contributed by atoms with Crippen molar-refractivity contribution in [2.75, 3.05) is 7.11 Å². The average Bonchev–Trinajstić information content (AvgIpc) is 2.54. The van der Waals surface area contributed by atoms with Crippen LogP contribution >= 0.6 is 0 Å². The predicted octanol–water partition coefficient (Wildman–Crippen LogP) is 6.22. The molecular formula is C20H36O2. The van der Waals surface area contributed by atoms with E-state index in [1.807, 2.05) is 12.2 Å². The number of unbranched alkanes of at least 4 members (excludes halogenated alkanes) is 8. The first-order valence-corrected chi connectivity index (χ1v) is 9.11. The molecule has 0 bridgehead atoms. The van der Waals surface area contributed by atoms with Gasteiger partial charge in [0.15, 0.2) is 0 Å². The van der Waals surface area contributed by atoms with Crippen molar-refractivity contribution < 1.29 is 9.53 Å². The van der Waals surface area contributed by atoms with Crippen LogP contribution in [-0.4, -0.2) is 13.1 Å². The SMILES string of the molecule is C=CC=CCCCCCCCCCCC(CCC)C(=O)OC. The van der Waals surface area contributed by atoms with Crippen LogP contribution in [0.4, 0.5) is 0 Å². The van der Waals surface area contributed by atoms with Gasteiger partial charge in [0.2, 0.25) is 0 Å². The van der Waals surface area contributed by atoms with Gasteiger partial charge in [-0.05, 0) is 25.7 Å². The lowest BCUT2D eigenvalue weighted by molar-refractivity contribution is -0.146. The maximum absolute atomic E-state index is 11.6. The molecule has 0 aliphatic heterocycles. The Hall–Kier alpha value is -1.05. The van der Waals surface area contributed by atoms with Gasteiger partial charge in [-0.25, -0.2) is 0 Å². The summed E-state index contributed by atoms with van der Waals surface area (Å²) in [6.45, 7) is 5.79. The summed E-state index contributed by atoms with van der Waals surface area (Å²) >= 11 is 0. The molecule has 0 aliphatic carbocycles. The van der Waals surface area contributed by atoms with Crippen molar-refractivity contribution in [1.29, 1.82) is 0 Å². The van der Waals surface area contributed by atoms with Crippen LogP contribution in [0.3, 0.4) is 0 Å². The number of allylic oxidation sites excluding steroid dienone is 3. The maximum Gasteiger partial charge on any atom is 0.308 e. The number of carbonyl (C=O) groups excluding carboxylic acids is 1. The summed E-state index contributed by atoms with van der Waals surface area (Å²) in [7, 11) is 1.50. The highest BCUT2D eigenvalue weighted by molar-refractivity contribution is 5.72. The lowest BCUT2D eigenvalue weighted by Gasteiger charge is -2.13. The minimum Gasteiger partial charge on any atom is -0.469 e. The Labute approximate surface area is 138 Å². The lowest BCUT2D eigenvalue weighted by atomic mass is 9.96. The van der Waals surface area contributed by atoms with E-state index in [-0.39, 0.29) is 11.9 Å². The van der Waals surface area contributed by atoms with Crippen LogP contribution in [0, 0.1) is 5.92 Å². The van der Waals surface area contributed by atoms with Crippen LogP contribution in [0.15, 0.2) is 24.8 Å². The van der Waals surface area contributed by atoms with E-state index in [0.717, 1.165) is 25.7 Å². The molecule has 0 aliphatic rings. The van der Waals surface area contributed by atoms with Crippen LogP contribution < -0.4 is 0 Å². The van der Waals surface area contributed by atoms with Crippen molar-refractivity contribution in [1.82, 2.24) is 0 Å². The summed E-state index contributed by atoms with van der Waals surface area (Å²) in [4.78, 5) is 11.6. The van der Waals surface area contributed by atoms with Crippen molar-refractivity contribution >= 4 is 5.97 Å². The number of carbonyl (C=O) groups is 1. The van der Waals surface area contributed by atoms with Gasteiger partial charge in [-0.3, -0.25) is 4.79 Å². The van der Waals surface area contributed by atoms with Crippen LogP contribution in [0.25, 0.3) is 0 Å². The Bertz CT molecular complexity index is 294. The number of methoxy groups -OCH3 is 1. The highest BCUT2D eigenvalue weighted by Crippen LogP contribution is 2.18. The zero-order valence-corrected chi connectivity index (χ0v) is 14.8. The van der Waals surface area contributed by atoms with Gasteiger partial charge in [0, 0.05) is 0 Å². The molecule has 0 saturated heterocycles. The fourth-order valence-corrected chi connectivity index (χ4v) is 2.80. The largest absolute Gasteiger partial charge is 0.469 e. The summed E-state index contributed by atoms with van der Waals surface area (Å²) in [6.07, 6.45) is 20.6. The molecule has 0 saturated carbocycles. The molecular weight excluding hydrogens is 272 g/mol. The second kappa shape index (κ2) is 16.3. The van der Waals surface area contributed by atoms with Crippen molar-refractivity contribution in [3.63, 3.8) is 0 Å². The molecule has 0 rings (SSSR count). The molecule has 0 aromatic heterocycles. The van der Waals surface area contributed by atoms with Gasteiger partial charge < -0.3 is 4.74 Å². The monoisotopic (exact) mass is 308 g/mol. The zero-order chi connectivity index (χ0) is 16.5. The number of esters is 1. The topological polar surface area (TPSA) is 26.3 Å². The molecule has 1 atom stereocenters. The van der Waals surface area contributed by atoms with Gasteiger partial charge in [-0.15, -0.1) is 0 Å². The van der Waals surface area contributed by atoms with E-state index >= 15 is 0 Å². The Morgan fingerprint density at radius 1 is 1.00 bits per heavy atom. The van der Waals surface area contributed by atoms with Crippen molar-refractivity contribution in [3.05, 3.63) is 24.8 Å². The molecule has 0 aromatic carbocycles. The standard InChI is InChI=1S/C20H36O2/c1-4-6-7-8-9-10-11-12-13-14-15-16-18-19(17-5-2)20(21)22-3/h4,6-7,19H,1,5,8-18H2,2-3H3. The third-order valence-corrected chi connectivity index (χ3v) is 4.12. The van der Waals surface area contributed by atoms with E-state index in [9.17, 15) is 4.79 Å². The fraction of sp³-hybridized carbons (Fsp3) is 0.750. The first-order chi connectivity index (χ1) is 10.8. The molecule has 0 amide bonds. The number of ether oxygens (including phenoxy) is 1. The summed E-state index contributed by atoms with van der Waals surface area (Å²) in [5.74, 6) is 0.103. The zero-order valence-electron chi connectivity index (χ0n) is 14.8. The van der Waals surface area contributed by atoms with Crippen LogP contribution in [0.5, 0.6) is 0 Å². The summed E-state index contributed by atoms with van der Waals surface area (Å²) in [5.41, 5.74) is 0. The molecule has 0 fully saturated rings. The number of hydrogen-bond donors (Lipinski definition) is 0. The lowest BCUT2D eigenvalue weighted by Crippen LogP contribution is -2.15. The second-order valence-corrected chi connectivity index (χ2v) is 6.08. The van der Waals surface area contributed by atoms with Crippen molar-refractivity contribution in [3.8, 4) is 0 Å². The van der Waals surface area contributed by atoms with Gasteiger partial charge in [-0.2, -0.15) is 0 Å². The van der Waals surface area contributed by atoms with Crippen molar-refractivity contribution in [2.24, 2.45) is 5.92 Å². The van der Waals surface area contributed by atoms with E-state index in [4.69, 9.17) is 4.74 Å². The van der Waals surface area contributed by atoms with Crippen LogP contribution in [-0.2, 0) is 9.53 Å². The average molecular weight is 309 g/mol. The molecule has 128 valence electrons. The van der Waals surface area contributed by atoms with Crippen LogP contribution in [0.2, 0.25) is 0 Å². The Morgan fingerprint density at radius 3 is 2.14 bits per heavy atom. The highest BCUT2D eigenvalue weighted by Gasteiger charge is 2.17. The third kappa shape index (κ3) is 12.7. The van der Waals surface area contributed by atoms with Gasteiger partial charge in [0.1, 0.15) is 0 Å². The van der Waals surface area contributed by atoms with E-state index in [2.05, 4.69) is 19.6 Å². The Kier molecular flexibility index (Phi) is 15.5. The third-order valence-electron chi connectivity index (χ3n) is 4.12. The molecule has 22 heavy (non-hydrogen) atoms. The quantitative estimate of drug-likeness (QED) is 0.204. The molecule has 2 heteroatoms. The normalized spacial score (nSPS) is 12.5. The molecule has 0 N–H and O–H groups in total. The van der Waals surface area contributed by atoms with Gasteiger partial charge in [-0.1, -0.05) is 83.1 Å². The Morgan fingerprint density at radius 2 is 1.59 bits per heavy atom. The number of hydrogen-bond acceptors (Lipinski definition) is 2. The Balaban J connectivity index is 3.39. The van der Waals surface area contributed by atoms with E-state index in [1.54, 1.807) is 0 Å². The minimum absolute atomic E-state index is 0.0210. The molecule has 0 heterocycles. The van der Waals surface area contributed by atoms with E-state index in [0.29, 0.717) is 0 Å². The van der Waals surface area contributed by atoms with Gasteiger partial charge >= 0.3 is 5.97 Å². The minimum atomic E-state index is -0.0210. The molecule has 0 aromatic rings. The van der Waals surface area contributed by atoms with Gasteiger partial charge in [0.05, 0.1) is 13.0 Å². The van der Waals surface area contributed by atoms with Gasteiger partial charge in [0.25, 0.3) is 0 Å². The first-order valence-electron chi connectivity index (χ1n) is 9.11. The highest BCUT2D eigenvalue weighted by atomic mass is 16.5. The fourth-order valence-electron chi connectivity index (χ4n) is 2.80. The molecule has 0 radical (unpaired) electrons.